The highest BCUT2D eigenvalue weighted by molar-refractivity contribution is 8.44. The molecule has 18 nitrogen and oxygen atoms in total. The third-order valence-corrected chi connectivity index (χ3v) is 11.4. The van der Waals surface area contributed by atoms with Crippen LogP contribution in [0.4, 0.5) is 20.4 Å². The zero-order valence-corrected chi connectivity index (χ0v) is 28.5. The van der Waals surface area contributed by atoms with E-state index in [1.807, 2.05) is 12.2 Å². The number of rotatable bonds is 0. The van der Waals surface area contributed by atoms with Gasteiger partial charge in [0, 0.05) is 13.1 Å². The van der Waals surface area contributed by atoms with Crippen LogP contribution in [0.3, 0.4) is 0 Å². The number of ether oxygens (including phenoxy) is 2. The molecule has 3 fully saturated rings. The Labute approximate surface area is 285 Å². The van der Waals surface area contributed by atoms with E-state index in [-0.39, 0.29) is 11.3 Å². The molecule has 0 aromatic carbocycles. The normalized spacial score (nSPS) is 37.7. The fraction of sp³-hybridized carbons (Fsp3) is 0.520. The highest BCUT2D eigenvalue weighted by Crippen LogP contribution is 2.58. The van der Waals surface area contributed by atoms with E-state index in [9.17, 15) is 9.46 Å². The van der Waals surface area contributed by atoms with E-state index in [1.165, 1.54) is 34.4 Å². The number of aromatic nitrogens is 8. The lowest BCUT2D eigenvalue weighted by Crippen LogP contribution is -2.37. The Balaban J connectivity index is 1.19. The molecular formula is C25H28F2N10O8P2S2. The summed E-state index contributed by atoms with van der Waals surface area (Å²) in [7, 11) is 0. The largest absolute Gasteiger partial charge is 0.386 e. The van der Waals surface area contributed by atoms with Crippen LogP contribution in [-0.4, -0.2) is 107 Å². The molecule has 0 saturated carbocycles. The zero-order valence-electron chi connectivity index (χ0n) is 25.0. The number of imidazole rings is 2. The summed E-state index contributed by atoms with van der Waals surface area (Å²) in [5.74, 6) is 0.802. The van der Waals surface area contributed by atoms with Gasteiger partial charge in [0.15, 0.2) is 58.8 Å². The standard InChI is InChI=1S/C25H28F2N10O8P2S2/c26-14-18-12-6-40-47(39,49)45-19-13(7-41-46(38,48)44-18)43-25(15(19)27)37-11-35-17-21(31-9-33-23(17)37)29-5-3-1-2-4-28-20-16-22(32-8-30-20)36(10-34-16)24(14)42-12/h1-2,8-15,18-19,24-25H,3-7H2,(H,38,48)(H,39,49)(H,28,30,32)(H,29,31,33)/b2-1+/t12-,13-,14-,15-,18-,19-,24-,25?,46?,47?/m1/s1. The van der Waals surface area contributed by atoms with Crippen LogP contribution in [-0.2, 0) is 43.9 Å². The van der Waals surface area contributed by atoms with Gasteiger partial charge in [-0.05, 0) is 18.2 Å². The van der Waals surface area contributed by atoms with E-state index in [0.717, 1.165) is 0 Å². The lowest BCUT2D eigenvalue weighted by molar-refractivity contribution is -0.0564. The highest BCUT2D eigenvalue weighted by atomic mass is 32.7. The third kappa shape index (κ3) is 6.37. The minimum absolute atomic E-state index is 0.231. The Hall–Kier alpha value is -2.75. The predicted octanol–water partition coefficient (Wildman–Crippen LogP) is 2.99. The summed E-state index contributed by atoms with van der Waals surface area (Å²) >= 11 is 9.30. The molecule has 3 unspecified atom stereocenters. The van der Waals surface area contributed by atoms with E-state index in [1.54, 1.807) is 0 Å². The van der Waals surface area contributed by atoms with Crippen LogP contribution in [0.2, 0.25) is 0 Å². The smallest absolute Gasteiger partial charge is 0.368 e. The van der Waals surface area contributed by atoms with Crippen LogP contribution in [0, 0.1) is 0 Å². The van der Waals surface area contributed by atoms with E-state index in [4.69, 9.17) is 39.4 Å². The van der Waals surface area contributed by atoms with Crippen LogP contribution in [0.25, 0.3) is 22.3 Å². The first-order chi connectivity index (χ1) is 23.6. The van der Waals surface area contributed by atoms with Gasteiger partial charge in [-0.1, -0.05) is 24.4 Å². The van der Waals surface area contributed by atoms with Crippen molar-refractivity contribution in [2.24, 2.45) is 0 Å². The Morgan fingerprint density at radius 1 is 0.837 bits per heavy atom. The first-order valence-corrected chi connectivity index (χ1v) is 20.3. The topological polar surface area (TPSA) is 204 Å². The number of alkyl halides is 2. The molecule has 49 heavy (non-hydrogen) atoms. The molecule has 5 aliphatic rings. The van der Waals surface area contributed by atoms with Gasteiger partial charge in [0.1, 0.15) is 37.1 Å². The van der Waals surface area contributed by atoms with Gasteiger partial charge >= 0.3 is 13.5 Å². The van der Waals surface area contributed by atoms with Crippen molar-refractivity contribution in [1.29, 1.82) is 0 Å². The molecule has 0 spiro atoms. The minimum atomic E-state index is -4.38. The van der Waals surface area contributed by atoms with Crippen LogP contribution in [0.5, 0.6) is 0 Å². The van der Waals surface area contributed by atoms with E-state index >= 15 is 8.78 Å². The molecule has 0 radical (unpaired) electrons. The summed E-state index contributed by atoms with van der Waals surface area (Å²) < 4.78 is 83.0. The number of halogens is 2. The first-order valence-electron chi connectivity index (χ1n) is 15.0. The van der Waals surface area contributed by atoms with Crippen molar-refractivity contribution >= 4 is 71.5 Å². The van der Waals surface area contributed by atoms with Crippen LogP contribution >= 0.6 is 25.8 Å². The number of anilines is 2. The monoisotopic (exact) mass is 760 g/mol. The average molecular weight is 761 g/mol. The molecule has 4 aromatic heterocycles. The molecule has 14 bridgehead atoms. The van der Waals surface area contributed by atoms with Gasteiger partial charge < -0.3 is 29.5 Å². The molecule has 0 aliphatic carbocycles. The van der Waals surface area contributed by atoms with Gasteiger partial charge in [-0.15, -0.1) is 0 Å². The maximum atomic E-state index is 16.3. The van der Waals surface area contributed by atoms with Crippen molar-refractivity contribution in [3.63, 3.8) is 0 Å². The molecule has 262 valence electrons. The molecule has 10 atom stereocenters. The second-order valence-corrected chi connectivity index (χ2v) is 17.0. The van der Waals surface area contributed by atoms with Crippen molar-refractivity contribution in [3.05, 3.63) is 37.5 Å². The van der Waals surface area contributed by atoms with Gasteiger partial charge in [-0.2, -0.15) is 0 Å². The maximum absolute atomic E-state index is 16.3. The summed E-state index contributed by atoms with van der Waals surface area (Å²) in [5, 5.41) is 6.38. The summed E-state index contributed by atoms with van der Waals surface area (Å²) in [4.78, 5) is 36.9. The van der Waals surface area contributed by atoms with Crippen LogP contribution in [0.15, 0.2) is 37.5 Å². The fourth-order valence-electron chi connectivity index (χ4n) is 6.03. The van der Waals surface area contributed by atoms with Gasteiger partial charge in [0.2, 0.25) is 0 Å². The molecule has 5 aliphatic heterocycles. The molecule has 9 heterocycles. The van der Waals surface area contributed by atoms with Crippen molar-refractivity contribution < 1.29 is 45.8 Å². The average Bonchev–Trinajstić information content (AvgIpc) is 3.83. The third-order valence-electron chi connectivity index (χ3n) is 8.27. The molecule has 24 heteroatoms. The number of hydrogen-bond donors (Lipinski definition) is 4. The van der Waals surface area contributed by atoms with Crippen molar-refractivity contribution in [3.8, 4) is 0 Å². The van der Waals surface area contributed by atoms with Crippen molar-refractivity contribution in [1.82, 2.24) is 39.0 Å². The summed E-state index contributed by atoms with van der Waals surface area (Å²) in [6, 6.07) is 0. The van der Waals surface area contributed by atoms with Crippen LogP contribution < -0.4 is 10.6 Å². The summed E-state index contributed by atoms with van der Waals surface area (Å²) in [6.07, 6.45) is -2.89. The quantitative estimate of drug-likeness (QED) is 0.116. The number of nitrogens with zero attached hydrogens (tertiary/aromatic N) is 8. The summed E-state index contributed by atoms with van der Waals surface area (Å²) in [6.45, 7) is -8.96. The summed E-state index contributed by atoms with van der Waals surface area (Å²) in [5.41, 5.74) is 1.15. The second-order valence-electron chi connectivity index (χ2n) is 11.3. The van der Waals surface area contributed by atoms with E-state index in [2.05, 4.69) is 52.8 Å². The van der Waals surface area contributed by atoms with E-state index < -0.39 is 75.9 Å². The number of nitrogens with one attached hydrogen (secondary N) is 2. The first kappa shape index (κ1) is 33.4. The lowest BCUT2D eigenvalue weighted by atomic mass is 10.1. The van der Waals surface area contributed by atoms with Gasteiger partial charge in [-0.3, -0.25) is 22.7 Å². The van der Waals surface area contributed by atoms with Crippen molar-refractivity contribution in [2.45, 2.75) is 55.6 Å². The lowest BCUT2D eigenvalue weighted by Gasteiger charge is -2.29. The van der Waals surface area contributed by atoms with Crippen molar-refractivity contribution in [2.75, 3.05) is 36.9 Å². The molecular weight excluding hydrogens is 732 g/mol. The number of thiol groups is 1. The Morgan fingerprint density at radius 2 is 1.41 bits per heavy atom. The maximum Gasteiger partial charge on any atom is 0.386 e. The SMILES string of the molecule is O=P1(S)OC[C@H]2OC3[C@H](F)[C@@H]2OP(O)(=S)OC[C@H]2O[C@H]([C@H](F)[C@@H]2O1)n1cnc2c(ncnc21)NC/C=C/CCNc1ncnc2c1ncn23. The second kappa shape index (κ2) is 13.1. The highest BCUT2D eigenvalue weighted by Gasteiger charge is 2.54. The minimum Gasteiger partial charge on any atom is -0.368 e. The molecule has 3 saturated heterocycles. The van der Waals surface area contributed by atoms with Crippen LogP contribution in [0.1, 0.15) is 18.9 Å². The van der Waals surface area contributed by atoms with Gasteiger partial charge in [0.05, 0.1) is 25.9 Å². The van der Waals surface area contributed by atoms with Gasteiger partial charge in [-0.25, -0.2) is 43.2 Å². The Bertz CT molecular complexity index is 2010. The zero-order chi connectivity index (χ0) is 33.9. The van der Waals surface area contributed by atoms with Gasteiger partial charge in [0.25, 0.3) is 0 Å². The number of hydrogen-bond acceptors (Lipinski definition) is 16. The molecule has 3 N–H and O–H groups in total. The number of fused-ring (bicyclic) bond motifs is 11. The molecule has 0 amide bonds. The van der Waals surface area contributed by atoms with E-state index in [0.29, 0.717) is 42.2 Å². The predicted molar refractivity (Wildman–Crippen MR) is 174 cm³/mol. The Morgan fingerprint density at radius 3 is 2.04 bits per heavy atom. The molecule has 9 rings (SSSR count). The Kier molecular flexibility index (Phi) is 8.93. The molecule has 4 aromatic rings. The fourth-order valence-corrected chi connectivity index (χ4v) is 8.94.